The molecule has 0 bridgehead atoms. The molecule has 5 heteroatoms. The van der Waals surface area contributed by atoms with Gasteiger partial charge in [0.1, 0.15) is 0 Å². The van der Waals surface area contributed by atoms with Crippen molar-refractivity contribution in [3.8, 4) is 0 Å². The summed E-state index contributed by atoms with van der Waals surface area (Å²) in [6.45, 7) is 4.81. The van der Waals surface area contributed by atoms with Crippen LogP contribution in [-0.4, -0.2) is 36.2 Å². The number of rotatable bonds is 6. The second-order valence-corrected chi connectivity index (χ2v) is 4.35. The molecule has 0 aromatic carbocycles. The molecule has 0 radical (unpaired) electrons. The van der Waals surface area contributed by atoms with Gasteiger partial charge in [0.15, 0.2) is 6.10 Å². The van der Waals surface area contributed by atoms with Crippen LogP contribution >= 0.6 is 11.8 Å². The normalized spacial score (nSPS) is 12.3. The Balaban J connectivity index is 4.20. The molecule has 0 aromatic heterocycles. The Morgan fingerprint density at radius 1 is 1.27 bits per heavy atom. The molecule has 4 nitrogen and oxygen atoms in total. The number of hydrogen-bond donors (Lipinski definition) is 0. The summed E-state index contributed by atoms with van der Waals surface area (Å²) in [7, 11) is 0. The number of esters is 2. The van der Waals surface area contributed by atoms with E-state index in [9.17, 15) is 9.59 Å². The van der Waals surface area contributed by atoms with Gasteiger partial charge in [-0.15, -0.1) is 0 Å². The fourth-order valence-corrected chi connectivity index (χ4v) is 1.41. The van der Waals surface area contributed by atoms with Gasteiger partial charge in [-0.2, -0.15) is 11.8 Å². The number of hydrogen-bond acceptors (Lipinski definition) is 5. The molecule has 1 unspecified atom stereocenters. The third-order valence-electron chi connectivity index (χ3n) is 1.51. The van der Waals surface area contributed by atoms with E-state index in [4.69, 9.17) is 9.47 Å². The largest absolute Gasteiger partial charge is 0.460 e. The quantitative estimate of drug-likeness (QED) is 0.654. The second-order valence-electron chi connectivity index (χ2n) is 3.37. The van der Waals surface area contributed by atoms with E-state index in [-0.39, 0.29) is 6.10 Å². The van der Waals surface area contributed by atoms with Crippen molar-refractivity contribution in [1.82, 2.24) is 0 Å². The van der Waals surface area contributed by atoms with Gasteiger partial charge in [-0.3, -0.25) is 4.79 Å². The SMILES string of the molecule is CSCCC(OC(C)=O)C(=O)OC(C)C. The van der Waals surface area contributed by atoms with Gasteiger partial charge < -0.3 is 9.47 Å². The summed E-state index contributed by atoms with van der Waals surface area (Å²) in [4.78, 5) is 22.3. The van der Waals surface area contributed by atoms with E-state index in [2.05, 4.69) is 0 Å². The molecule has 0 saturated carbocycles. The first-order chi connectivity index (χ1) is 6.97. The Morgan fingerprint density at radius 2 is 1.87 bits per heavy atom. The van der Waals surface area contributed by atoms with Crippen molar-refractivity contribution >= 4 is 23.7 Å². The van der Waals surface area contributed by atoms with E-state index in [1.54, 1.807) is 25.6 Å². The summed E-state index contributed by atoms with van der Waals surface area (Å²) in [5, 5.41) is 0. The van der Waals surface area contributed by atoms with Crippen molar-refractivity contribution < 1.29 is 19.1 Å². The minimum atomic E-state index is -0.766. The highest BCUT2D eigenvalue weighted by molar-refractivity contribution is 7.98. The number of thioether (sulfide) groups is 1. The molecule has 15 heavy (non-hydrogen) atoms. The monoisotopic (exact) mass is 234 g/mol. The molecule has 0 aliphatic carbocycles. The summed E-state index contributed by atoms with van der Waals surface area (Å²) in [5.41, 5.74) is 0. The van der Waals surface area contributed by atoms with Gasteiger partial charge >= 0.3 is 11.9 Å². The number of carbonyl (C=O) groups is 2. The standard InChI is InChI=1S/C10H18O4S/c1-7(2)13-10(12)9(5-6-15-4)14-8(3)11/h7,9H,5-6H2,1-4H3. The molecule has 88 valence electrons. The van der Waals surface area contributed by atoms with Gasteiger partial charge in [-0.05, 0) is 25.9 Å². The molecule has 0 rings (SSSR count). The van der Waals surface area contributed by atoms with Crippen LogP contribution in [0.15, 0.2) is 0 Å². The Bertz CT molecular complexity index is 215. The van der Waals surface area contributed by atoms with E-state index in [0.717, 1.165) is 5.75 Å². The van der Waals surface area contributed by atoms with Crippen LogP contribution in [0, 0.1) is 0 Å². The van der Waals surface area contributed by atoms with E-state index in [0.29, 0.717) is 6.42 Å². The van der Waals surface area contributed by atoms with Gasteiger partial charge in [0.25, 0.3) is 0 Å². The first kappa shape index (κ1) is 14.3. The summed E-state index contributed by atoms with van der Waals surface area (Å²) in [6, 6.07) is 0. The predicted octanol–water partition coefficient (Wildman–Crippen LogP) is 1.62. The minimum Gasteiger partial charge on any atom is -0.460 e. The highest BCUT2D eigenvalue weighted by atomic mass is 32.2. The third kappa shape index (κ3) is 7.25. The molecule has 0 aliphatic rings. The van der Waals surface area contributed by atoms with Crippen molar-refractivity contribution in [3.05, 3.63) is 0 Å². The average molecular weight is 234 g/mol. The van der Waals surface area contributed by atoms with Crippen molar-refractivity contribution in [2.45, 2.75) is 39.4 Å². The number of carbonyl (C=O) groups excluding carboxylic acids is 2. The van der Waals surface area contributed by atoms with Crippen molar-refractivity contribution in [1.29, 1.82) is 0 Å². The maximum atomic E-state index is 11.5. The Morgan fingerprint density at radius 3 is 2.27 bits per heavy atom. The van der Waals surface area contributed by atoms with Gasteiger partial charge in [0.2, 0.25) is 0 Å². The first-order valence-electron chi connectivity index (χ1n) is 4.84. The van der Waals surface area contributed by atoms with Gasteiger partial charge in [-0.1, -0.05) is 0 Å². The lowest BCUT2D eigenvalue weighted by atomic mass is 10.3. The third-order valence-corrected chi connectivity index (χ3v) is 2.15. The lowest BCUT2D eigenvalue weighted by Gasteiger charge is -2.17. The lowest BCUT2D eigenvalue weighted by molar-refractivity contribution is -0.169. The maximum Gasteiger partial charge on any atom is 0.347 e. The zero-order chi connectivity index (χ0) is 11.8. The Kier molecular flexibility index (Phi) is 7.21. The molecular weight excluding hydrogens is 216 g/mol. The molecule has 0 aliphatic heterocycles. The van der Waals surface area contributed by atoms with Crippen molar-refractivity contribution in [2.75, 3.05) is 12.0 Å². The molecule has 0 aromatic rings. The highest BCUT2D eigenvalue weighted by Crippen LogP contribution is 2.08. The van der Waals surface area contributed by atoms with Gasteiger partial charge in [0, 0.05) is 13.3 Å². The van der Waals surface area contributed by atoms with Gasteiger partial charge in [-0.25, -0.2) is 4.79 Å². The first-order valence-corrected chi connectivity index (χ1v) is 6.23. The van der Waals surface area contributed by atoms with Crippen LogP contribution in [-0.2, 0) is 19.1 Å². The molecule has 0 amide bonds. The Hall–Kier alpha value is -0.710. The van der Waals surface area contributed by atoms with Crippen LogP contribution in [0.25, 0.3) is 0 Å². The topological polar surface area (TPSA) is 52.6 Å². The van der Waals surface area contributed by atoms with E-state index in [1.165, 1.54) is 6.92 Å². The zero-order valence-electron chi connectivity index (χ0n) is 9.61. The van der Waals surface area contributed by atoms with E-state index < -0.39 is 18.0 Å². The number of ether oxygens (including phenoxy) is 2. The Labute approximate surface area is 94.7 Å². The lowest BCUT2D eigenvalue weighted by Crippen LogP contribution is -2.30. The average Bonchev–Trinajstić information content (AvgIpc) is 2.10. The zero-order valence-corrected chi connectivity index (χ0v) is 10.4. The molecule has 0 N–H and O–H groups in total. The second kappa shape index (κ2) is 7.56. The van der Waals surface area contributed by atoms with Crippen molar-refractivity contribution in [2.24, 2.45) is 0 Å². The molecule has 1 atom stereocenters. The molecule has 0 spiro atoms. The van der Waals surface area contributed by atoms with Crippen LogP contribution in [0.3, 0.4) is 0 Å². The highest BCUT2D eigenvalue weighted by Gasteiger charge is 2.23. The van der Waals surface area contributed by atoms with Gasteiger partial charge in [0.05, 0.1) is 6.10 Å². The van der Waals surface area contributed by atoms with Crippen LogP contribution in [0.2, 0.25) is 0 Å². The smallest absolute Gasteiger partial charge is 0.347 e. The summed E-state index contributed by atoms with van der Waals surface area (Å²) < 4.78 is 9.87. The molecule has 0 heterocycles. The predicted molar refractivity (Wildman–Crippen MR) is 59.8 cm³/mol. The van der Waals surface area contributed by atoms with Crippen molar-refractivity contribution in [3.63, 3.8) is 0 Å². The van der Waals surface area contributed by atoms with E-state index >= 15 is 0 Å². The summed E-state index contributed by atoms with van der Waals surface area (Å²) in [5.74, 6) is -0.165. The molecule has 0 fully saturated rings. The van der Waals surface area contributed by atoms with Crippen LogP contribution in [0.1, 0.15) is 27.2 Å². The van der Waals surface area contributed by atoms with Crippen LogP contribution < -0.4 is 0 Å². The van der Waals surface area contributed by atoms with Crippen LogP contribution in [0.5, 0.6) is 0 Å². The minimum absolute atomic E-state index is 0.190. The molecular formula is C10H18O4S. The summed E-state index contributed by atoms with van der Waals surface area (Å²) in [6.07, 6.45) is 1.47. The fourth-order valence-electron chi connectivity index (χ4n) is 0.958. The summed E-state index contributed by atoms with van der Waals surface area (Å²) >= 11 is 1.59. The molecule has 0 saturated heterocycles. The maximum absolute atomic E-state index is 11.5. The van der Waals surface area contributed by atoms with E-state index in [1.807, 2.05) is 6.26 Å². The fraction of sp³-hybridized carbons (Fsp3) is 0.800. The van der Waals surface area contributed by atoms with Crippen LogP contribution in [0.4, 0.5) is 0 Å².